The molecule has 2 aromatic rings. The van der Waals surface area contributed by atoms with Gasteiger partial charge in [0.2, 0.25) is 0 Å². The number of nitrogens with one attached hydrogen (secondary N) is 1. The summed E-state index contributed by atoms with van der Waals surface area (Å²) in [6, 6.07) is 6.06. The average Bonchev–Trinajstić information content (AvgIpc) is 2.88. The number of carbonyl (C=O) groups excluding carboxylic acids is 1. The number of carbonyl (C=O) groups is 1. The second-order valence-corrected chi connectivity index (χ2v) is 5.42. The van der Waals surface area contributed by atoms with Crippen LogP contribution in [0.1, 0.15) is 26.4 Å². The lowest BCUT2D eigenvalue weighted by Crippen LogP contribution is -2.22. The number of hydrogen-bond donors (Lipinski definition) is 2. The largest absolute Gasteiger partial charge is 0.384 e. The lowest BCUT2D eigenvalue weighted by atomic mass is 10.1. The number of aryl methyl sites for hydroxylation is 1. The summed E-state index contributed by atoms with van der Waals surface area (Å²) in [5.74, 6) is 4.65. The highest BCUT2D eigenvalue weighted by Gasteiger charge is 2.09. The molecule has 3 nitrogen and oxygen atoms in total. The van der Waals surface area contributed by atoms with Crippen LogP contribution in [0.3, 0.4) is 0 Å². The van der Waals surface area contributed by atoms with Gasteiger partial charge in [-0.05, 0) is 42.1 Å². The topological polar surface area (TPSA) is 49.3 Å². The van der Waals surface area contributed by atoms with E-state index >= 15 is 0 Å². The molecule has 0 fully saturated rings. The van der Waals surface area contributed by atoms with Crippen LogP contribution in [-0.4, -0.2) is 17.6 Å². The zero-order valence-electron chi connectivity index (χ0n) is 11.4. The van der Waals surface area contributed by atoms with E-state index in [1.807, 2.05) is 11.4 Å². The first-order valence-electron chi connectivity index (χ1n) is 6.31. The average molecular weight is 303 g/mol. The van der Waals surface area contributed by atoms with Crippen molar-refractivity contribution >= 4 is 17.2 Å². The molecule has 0 aliphatic carbocycles. The summed E-state index contributed by atoms with van der Waals surface area (Å²) in [6.07, 6.45) is 0. The van der Waals surface area contributed by atoms with Crippen molar-refractivity contribution in [1.82, 2.24) is 5.32 Å². The van der Waals surface area contributed by atoms with Gasteiger partial charge in [0, 0.05) is 16.0 Å². The van der Waals surface area contributed by atoms with Gasteiger partial charge in [-0.15, -0.1) is 11.3 Å². The van der Waals surface area contributed by atoms with Gasteiger partial charge >= 0.3 is 0 Å². The number of rotatable bonds is 3. The smallest absolute Gasteiger partial charge is 0.251 e. The van der Waals surface area contributed by atoms with Crippen molar-refractivity contribution in [3.63, 3.8) is 0 Å². The molecule has 0 radical (unpaired) electrons. The quantitative estimate of drug-likeness (QED) is 0.856. The fourth-order valence-electron chi connectivity index (χ4n) is 1.85. The van der Waals surface area contributed by atoms with Crippen molar-refractivity contribution < 1.29 is 14.3 Å². The molecule has 0 aliphatic heterocycles. The molecule has 0 bridgehead atoms. The van der Waals surface area contributed by atoms with E-state index in [2.05, 4.69) is 17.2 Å². The van der Waals surface area contributed by atoms with Crippen LogP contribution in [0.25, 0.3) is 0 Å². The van der Waals surface area contributed by atoms with E-state index < -0.39 is 5.82 Å². The number of aliphatic hydroxyl groups excluding tert-OH is 1. The molecular formula is C16H14FNO2S. The molecule has 1 aromatic carbocycles. The van der Waals surface area contributed by atoms with Crippen molar-refractivity contribution in [1.29, 1.82) is 0 Å². The molecule has 1 heterocycles. The van der Waals surface area contributed by atoms with Crippen LogP contribution in [-0.2, 0) is 6.54 Å². The van der Waals surface area contributed by atoms with Gasteiger partial charge in [0.1, 0.15) is 12.4 Å². The summed E-state index contributed by atoms with van der Waals surface area (Å²) >= 11 is 1.47. The van der Waals surface area contributed by atoms with Crippen molar-refractivity contribution in [3.05, 3.63) is 57.0 Å². The van der Waals surface area contributed by atoms with Crippen LogP contribution >= 0.6 is 11.3 Å². The summed E-state index contributed by atoms with van der Waals surface area (Å²) in [7, 11) is 0. The standard InChI is InChI=1S/C16H14FNO2S/c1-11-7-13(9-14(17)8-11)16(20)18-10-15-12(3-2-5-19)4-6-21-15/h4,6-9,19H,5,10H2,1H3,(H,18,20). The van der Waals surface area contributed by atoms with Crippen molar-refractivity contribution in [2.45, 2.75) is 13.5 Å². The summed E-state index contributed by atoms with van der Waals surface area (Å²) in [4.78, 5) is 12.9. The van der Waals surface area contributed by atoms with Gasteiger partial charge in [-0.3, -0.25) is 4.79 Å². The van der Waals surface area contributed by atoms with Crippen molar-refractivity contribution in [2.24, 2.45) is 0 Å². The van der Waals surface area contributed by atoms with Crippen LogP contribution in [0.4, 0.5) is 4.39 Å². The molecule has 5 heteroatoms. The molecule has 1 amide bonds. The van der Waals surface area contributed by atoms with Crippen LogP contribution < -0.4 is 5.32 Å². The van der Waals surface area contributed by atoms with Crippen LogP contribution in [0, 0.1) is 24.6 Å². The lowest BCUT2D eigenvalue weighted by molar-refractivity contribution is 0.0950. The first-order chi connectivity index (χ1) is 10.1. The summed E-state index contributed by atoms with van der Waals surface area (Å²) in [5.41, 5.74) is 1.78. The molecule has 0 saturated carbocycles. The van der Waals surface area contributed by atoms with Gasteiger partial charge in [0.15, 0.2) is 0 Å². The number of thiophene rings is 1. The minimum Gasteiger partial charge on any atom is -0.384 e. The zero-order valence-corrected chi connectivity index (χ0v) is 12.3. The molecule has 0 saturated heterocycles. The third kappa shape index (κ3) is 4.15. The van der Waals surface area contributed by atoms with E-state index in [4.69, 9.17) is 5.11 Å². The lowest BCUT2D eigenvalue weighted by Gasteiger charge is -2.05. The number of aliphatic hydroxyl groups is 1. The first kappa shape index (κ1) is 15.2. The molecular weight excluding hydrogens is 289 g/mol. The maximum absolute atomic E-state index is 13.3. The third-order valence-electron chi connectivity index (χ3n) is 2.76. The van der Waals surface area contributed by atoms with Gasteiger partial charge in [0.25, 0.3) is 5.91 Å². The monoisotopic (exact) mass is 303 g/mol. The molecule has 0 atom stereocenters. The molecule has 0 spiro atoms. The van der Waals surface area contributed by atoms with E-state index in [0.717, 1.165) is 10.4 Å². The summed E-state index contributed by atoms with van der Waals surface area (Å²) < 4.78 is 13.3. The Morgan fingerprint density at radius 3 is 2.95 bits per heavy atom. The first-order valence-corrected chi connectivity index (χ1v) is 7.19. The number of benzene rings is 1. The molecule has 1 aromatic heterocycles. The van der Waals surface area contributed by atoms with Gasteiger partial charge in [0.05, 0.1) is 6.54 Å². The molecule has 0 unspecified atom stereocenters. The maximum atomic E-state index is 13.3. The van der Waals surface area contributed by atoms with Crippen molar-refractivity contribution in [3.8, 4) is 11.8 Å². The molecule has 2 rings (SSSR count). The van der Waals surface area contributed by atoms with E-state index in [1.54, 1.807) is 13.0 Å². The molecule has 2 N–H and O–H groups in total. The zero-order chi connectivity index (χ0) is 15.2. The highest BCUT2D eigenvalue weighted by Crippen LogP contribution is 2.16. The van der Waals surface area contributed by atoms with E-state index in [-0.39, 0.29) is 12.5 Å². The molecule has 108 valence electrons. The van der Waals surface area contributed by atoms with E-state index in [1.165, 1.54) is 23.5 Å². The second kappa shape index (κ2) is 7.02. The Labute approximate surface area is 126 Å². The SMILES string of the molecule is Cc1cc(F)cc(C(=O)NCc2sccc2C#CCO)c1. The highest BCUT2D eigenvalue weighted by atomic mass is 32.1. The Bertz CT molecular complexity index is 692. The van der Waals surface area contributed by atoms with Gasteiger partial charge in [-0.1, -0.05) is 11.8 Å². The predicted molar refractivity (Wildman–Crippen MR) is 80.6 cm³/mol. The summed E-state index contributed by atoms with van der Waals surface area (Å²) in [6.45, 7) is 1.85. The second-order valence-electron chi connectivity index (χ2n) is 4.42. The Balaban J connectivity index is 2.06. The Morgan fingerprint density at radius 1 is 1.43 bits per heavy atom. The third-order valence-corrected chi connectivity index (χ3v) is 3.68. The highest BCUT2D eigenvalue weighted by molar-refractivity contribution is 7.10. The van der Waals surface area contributed by atoms with Gasteiger partial charge < -0.3 is 10.4 Å². The molecule has 0 aliphatic rings. The Hall–Kier alpha value is -2.16. The van der Waals surface area contributed by atoms with Crippen LogP contribution in [0.2, 0.25) is 0 Å². The number of hydrogen-bond acceptors (Lipinski definition) is 3. The number of halogens is 1. The minimum absolute atomic E-state index is 0.204. The summed E-state index contributed by atoms with van der Waals surface area (Å²) in [5, 5.41) is 13.3. The minimum atomic E-state index is -0.425. The Kier molecular flexibility index (Phi) is 5.09. The van der Waals surface area contributed by atoms with E-state index in [0.29, 0.717) is 17.7 Å². The maximum Gasteiger partial charge on any atom is 0.251 e. The normalized spacial score (nSPS) is 9.86. The fourth-order valence-corrected chi connectivity index (χ4v) is 2.62. The molecule has 21 heavy (non-hydrogen) atoms. The Morgan fingerprint density at radius 2 is 2.24 bits per heavy atom. The number of amides is 1. The van der Waals surface area contributed by atoms with Crippen LogP contribution in [0.5, 0.6) is 0 Å². The predicted octanol–water partition coefficient (Wildman–Crippen LogP) is 2.47. The van der Waals surface area contributed by atoms with E-state index in [9.17, 15) is 9.18 Å². The van der Waals surface area contributed by atoms with Gasteiger partial charge in [-0.2, -0.15) is 0 Å². The fraction of sp³-hybridized carbons (Fsp3) is 0.188. The van der Waals surface area contributed by atoms with Gasteiger partial charge in [-0.25, -0.2) is 4.39 Å². The van der Waals surface area contributed by atoms with Crippen LogP contribution in [0.15, 0.2) is 29.6 Å². The van der Waals surface area contributed by atoms with Crippen molar-refractivity contribution in [2.75, 3.05) is 6.61 Å².